The van der Waals surface area contributed by atoms with E-state index in [4.69, 9.17) is 4.74 Å². The molecule has 0 aromatic carbocycles. The van der Waals surface area contributed by atoms with E-state index in [1.807, 2.05) is 13.8 Å². The second-order valence-electron chi connectivity index (χ2n) is 6.86. The van der Waals surface area contributed by atoms with Gasteiger partial charge in [0.15, 0.2) is 0 Å². The number of hydrogen-bond acceptors (Lipinski definition) is 5. The zero-order valence-corrected chi connectivity index (χ0v) is 13.4. The van der Waals surface area contributed by atoms with Crippen LogP contribution in [0.15, 0.2) is 6.07 Å². The highest BCUT2D eigenvalue weighted by atomic mass is 16.5. The lowest BCUT2D eigenvalue weighted by Crippen LogP contribution is -2.51. The Morgan fingerprint density at radius 3 is 2.57 bits per heavy atom. The third-order valence-corrected chi connectivity index (χ3v) is 4.49. The molecule has 0 radical (unpaired) electrons. The van der Waals surface area contributed by atoms with E-state index in [2.05, 4.69) is 33.2 Å². The molecule has 5 heteroatoms. The lowest BCUT2D eigenvalue weighted by molar-refractivity contribution is -0.100. The molecule has 116 valence electrons. The standard InChI is InChI=1S/C16H26N4O/c1-12-8-15(19-13(2)18-12)20-6-4-14(5-7-20)17-9-16(3)10-21-11-16/h8,14,17H,4-7,9-11H2,1-3H3. The lowest BCUT2D eigenvalue weighted by Gasteiger charge is -2.40. The van der Waals surface area contributed by atoms with Crippen LogP contribution >= 0.6 is 0 Å². The van der Waals surface area contributed by atoms with Crippen LogP contribution in [0.1, 0.15) is 31.3 Å². The number of ether oxygens (including phenoxy) is 1. The highest BCUT2D eigenvalue weighted by molar-refractivity contribution is 5.40. The number of nitrogens with zero attached hydrogens (tertiary/aromatic N) is 3. The van der Waals surface area contributed by atoms with Gasteiger partial charge in [0.05, 0.1) is 13.2 Å². The molecule has 0 saturated carbocycles. The molecule has 0 atom stereocenters. The molecular weight excluding hydrogens is 264 g/mol. The van der Waals surface area contributed by atoms with Crippen LogP contribution in [-0.2, 0) is 4.74 Å². The van der Waals surface area contributed by atoms with Crippen LogP contribution in [0.2, 0.25) is 0 Å². The number of piperidine rings is 1. The van der Waals surface area contributed by atoms with Gasteiger partial charge in [0, 0.05) is 42.9 Å². The average molecular weight is 290 g/mol. The molecule has 5 nitrogen and oxygen atoms in total. The number of anilines is 1. The van der Waals surface area contributed by atoms with Gasteiger partial charge in [0.2, 0.25) is 0 Å². The molecule has 1 N–H and O–H groups in total. The monoisotopic (exact) mass is 290 g/mol. The van der Waals surface area contributed by atoms with Crippen molar-refractivity contribution in [2.24, 2.45) is 5.41 Å². The first-order valence-electron chi connectivity index (χ1n) is 7.92. The van der Waals surface area contributed by atoms with E-state index in [0.717, 1.165) is 50.2 Å². The Morgan fingerprint density at radius 1 is 1.29 bits per heavy atom. The summed E-state index contributed by atoms with van der Waals surface area (Å²) in [5.74, 6) is 1.95. The van der Waals surface area contributed by atoms with Crippen LogP contribution < -0.4 is 10.2 Å². The van der Waals surface area contributed by atoms with Gasteiger partial charge in [-0.1, -0.05) is 6.92 Å². The summed E-state index contributed by atoms with van der Waals surface area (Å²) in [6.45, 7) is 11.3. The Bertz CT molecular complexity index is 473. The summed E-state index contributed by atoms with van der Waals surface area (Å²) in [6, 6.07) is 2.72. The van der Waals surface area contributed by atoms with Crippen LogP contribution in [-0.4, -0.2) is 48.9 Å². The smallest absolute Gasteiger partial charge is 0.132 e. The van der Waals surface area contributed by atoms with Gasteiger partial charge < -0.3 is 15.0 Å². The average Bonchev–Trinajstić information content (AvgIpc) is 2.42. The van der Waals surface area contributed by atoms with E-state index < -0.39 is 0 Å². The summed E-state index contributed by atoms with van der Waals surface area (Å²) in [5, 5.41) is 3.72. The van der Waals surface area contributed by atoms with Crippen LogP contribution in [0.5, 0.6) is 0 Å². The minimum atomic E-state index is 0.359. The number of rotatable bonds is 4. The van der Waals surface area contributed by atoms with Crippen molar-refractivity contribution in [3.63, 3.8) is 0 Å². The molecule has 0 spiro atoms. The van der Waals surface area contributed by atoms with E-state index in [-0.39, 0.29) is 0 Å². The van der Waals surface area contributed by atoms with Crippen LogP contribution in [0, 0.1) is 19.3 Å². The predicted octanol–water partition coefficient (Wildman–Crippen LogP) is 1.69. The summed E-state index contributed by atoms with van der Waals surface area (Å²) in [6.07, 6.45) is 2.36. The Balaban J connectivity index is 1.50. The Kier molecular flexibility index (Phi) is 4.13. The zero-order chi connectivity index (χ0) is 14.9. The second kappa shape index (κ2) is 5.89. The first kappa shape index (κ1) is 14.7. The SMILES string of the molecule is Cc1cc(N2CCC(NCC3(C)COC3)CC2)nc(C)n1. The fourth-order valence-corrected chi connectivity index (χ4v) is 3.12. The molecule has 0 bridgehead atoms. The molecule has 2 saturated heterocycles. The van der Waals surface area contributed by atoms with E-state index >= 15 is 0 Å². The molecule has 2 fully saturated rings. The highest BCUT2D eigenvalue weighted by Gasteiger charge is 2.34. The van der Waals surface area contributed by atoms with Crippen molar-refractivity contribution in [1.29, 1.82) is 0 Å². The van der Waals surface area contributed by atoms with Crippen LogP contribution in [0.4, 0.5) is 5.82 Å². The van der Waals surface area contributed by atoms with Crippen molar-refractivity contribution >= 4 is 5.82 Å². The van der Waals surface area contributed by atoms with Crippen molar-refractivity contribution in [2.75, 3.05) is 37.7 Å². The van der Waals surface area contributed by atoms with Gasteiger partial charge in [0.1, 0.15) is 11.6 Å². The molecule has 3 heterocycles. The molecule has 2 aliphatic rings. The minimum absolute atomic E-state index is 0.359. The molecule has 1 aromatic heterocycles. The summed E-state index contributed by atoms with van der Waals surface area (Å²) in [5.41, 5.74) is 1.41. The third-order valence-electron chi connectivity index (χ3n) is 4.49. The molecule has 0 unspecified atom stereocenters. The number of aryl methyl sites for hydroxylation is 2. The molecule has 3 rings (SSSR count). The van der Waals surface area contributed by atoms with Crippen LogP contribution in [0.3, 0.4) is 0 Å². The zero-order valence-electron chi connectivity index (χ0n) is 13.4. The highest BCUT2D eigenvalue weighted by Crippen LogP contribution is 2.26. The lowest BCUT2D eigenvalue weighted by atomic mass is 9.88. The van der Waals surface area contributed by atoms with Crippen LogP contribution in [0.25, 0.3) is 0 Å². The normalized spacial score (nSPS) is 22.1. The van der Waals surface area contributed by atoms with Crippen molar-refractivity contribution in [3.05, 3.63) is 17.6 Å². The third kappa shape index (κ3) is 3.52. The fourth-order valence-electron chi connectivity index (χ4n) is 3.12. The number of aromatic nitrogens is 2. The van der Waals surface area contributed by atoms with Gasteiger partial charge in [-0.3, -0.25) is 0 Å². The van der Waals surface area contributed by atoms with E-state index in [1.165, 1.54) is 12.8 Å². The molecule has 1 aromatic rings. The predicted molar refractivity (Wildman–Crippen MR) is 83.7 cm³/mol. The second-order valence-corrected chi connectivity index (χ2v) is 6.86. The molecule has 21 heavy (non-hydrogen) atoms. The first-order chi connectivity index (χ1) is 10.0. The maximum absolute atomic E-state index is 5.31. The van der Waals surface area contributed by atoms with E-state index in [1.54, 1.807) is 0 Å². The van der Waals surface area contributed by atoms with E-state index in [0.29, 0.717) is 11.5 Å². The largest absolute Gasteiger partial charge is 0.380 e. The van der Waals surface area contributed by atoms with Gasteiger partial charge in [-0.25, -0.2) is 9.97 Å². The van der Waals surface area contributed by atoms with Crippen molar-refractivity contribution in [3.8, 4) is 0 Å². The van der Waals surface area contributed by atoms with Crippen molar-refractivity contribution in [1.82, 2.24) is 15.3 Å². The molecule has 0 amide bonds. The Labute approximate surface area is 127 Å². The molecule has 0 aliphatic carbocycles. The van der Waals surface area contributed by atoms with Crippen molar-refractivity contribution in [2.45, 2.75) is 39.7 Å². The number of nitrogens with one attached hydrogen (secondary N) is 1. The molecular formula is C16H26N4O. The van der Waals surface area contributed by atoms with Crippen molar-refractivity contribution < 1.29 is 4.74 Å². The topological polar surface area (TPSA) is 50.3 Å². The fraction of sp³-hybridized carbons (Fsp3) is 0.750. The van der Waals surface area contributed by atoms with E-state index in [9.17, 15) is 0 Å². The van der Waals surface area contributed by atoms with Gasteiger partial charge in [-0.15, -0.1) is 0 Å². The Morgan fingerprint density at radius 2 is 2.00 bits per heavy atom. The summed E-state index contributed by atoms with van der Waals surface area (Å²) < 4.78 is 5.31. The Hall–Kier alpha value is -1.20. The number of hydrogen-bond donors (Lipinski definition) is 1. The maximum Gasteiger partial charge on any atom is 0.132 e. The summed E-state index contributed by atoms with van der Waals surface area (Å²) in [4.78, 5) is 11.3. The van der Waals surface area contributed by atoms with Gasteiger partial charge >= 0.3 is 0 Å². The summed E-state index contributed by atoms with van der Waals surface area (Å²) >= 11 is 0. The first-order valence-corrected chi connectivity index (χ1v) is 7.92. The van der Waals surface area contributed by atoms with Gasteiger partial charge in [-0.2, -0.15) is 0 Å². The minimum Gasteiger partial charge on any atom is -0.380 e. The molecule has 2 aliphatic heterocycles. The summed E-state index contributed by atoms with van der Waals surface area (Å²) in [7, 11) is 0. The maximum atomic E-state index is 5.31. The quantitative estimate of drug-likeness (QED) is 0.914. The van der Waals surface area contributed by atoms with Gasteiger partial charge in [0.25, 0.3) is 0 Å². The van der Waals surface area contributed by atoms with Gasteiger partial charge in [-0.05, 0) is 26.7 Å².